The van der Waals surface area contributed by atoms with Gasteiger partial charge < -0.3 is 91.0 Å². The van der Waals surface area contributed by atoms with Crippen molar-refractivity contribution in [1.29, 1.82) is 0 Å². The number of nitrogens with two attached hydrogens (primary N) is 1. The van der Waals surface area contributed by atoms with Crippen LogP contribution in [0.3, 0.4) is 0 Å². The zero-order valence-electron chi connectivity index (χ0n) is 46.4. The normalized spacial score (nSPS) is 11.8. The number of hydrogen-bond donors (Lipinski definition) is 1. The van der Waals surface area contributed by atoms with E-state index in [1.54, 1.807) is 0 Å². The molecule has 0 fully saturated rings. The first-order valence-electron chi connectivity index (χ1n) is 28.5. The van der Waals surface area contributed by atoms with E-state index in [0.29, 0.717) is 238 Å². The Morgan fingerprint density at radius 3 is 0.425 bits per heavy atom. The van der Waals surface area contributed by atoms with E-state index in [9.17, 15) is 0 Å². The van der Waals surface area contributed by atoms with E-state index in [-0.39, 0.29) is 0 Å². The van der Waals surface area contributed by atoms with Crippen LogP contribution in [0, 0.1) is 0 Å². The van der Waals surface area contributed by atoms with Crippen molar-refractivity contribution in [2.45, 2.75) is 110 Å². The lowest BCUT2D eigenvalue weighted by molar-refractivity contribution is -0.0309. The summed E-state index contributed by atoms with van der Waals surface area (Å²) in [5, 5.41) is 0. The third kappa shape index (κ3) is 71.2. The van der Waals surface area contributed by atoms with Gasteiger partial charge in [-0.05, 0) is 6.42 Å². The molecule has 0 aliphatic carbocycles. The molecule has 0 saturated heterocycles. The van der Waals surface area contributed by atoms with Gasteiger partial charge in [-0.25, -0.2) is 0 Å². The van der Waals surface area contributed by atoms with Gasteiger partial charge >= 0.3 is 0 Å². The van der Waals surface area contributed by atoms with E-state index in [2.05, 4.69) is 6.92 Å². The first-order valence-corrected chi connectivity index (χ1v) is 28.5. The van der Waals surface area contributed by atoms with Crippen molar-refractivity contribution in [2.24, 2.45) is 5.73 Å². The van der Waals surface area contributed by atoms with Crippen molar-refractivity contribution < 1.29 is 85.3 Å². The highest BCUT2D eigenvalue weighted by molar-refractivity contribution is 4.50. The summed E-state index contributed by atoms with van der Waals surface area (Å²) in [7, 11) is 0. The molecule has 0 heterocycles. The molecule has 0 aromatic heterocycles. The lowest BCUT2D eigenvalue weighted by atomic mass is 10.0. The molecular formula is C54H111NO18. The Morgan fingerprint density at radius 1 is 0.151 bits per heavy atom. The minimum Gasteiger partial charge on any atom is -0.379 e. The highest BCUT2D eigenvalue weighted by Crippen LogP contribution is 2.13. The predicted molar refractivity (Wildman–Crippen MR) is 283 cm³/mol. The molecule has 0 saturated carbocycles. The van der Waals surface area contributed by atoms with Crippen LogP contribution in [0.2, 0.25) is 0 Å². The van der Waals surface area contributed by atoms with Crippen LogP contribution in [0.15, 0.2) is 0 Å². The van der Waals surface area contributed by atoms with Crippen molar-refractivity contribution in [3.63, 3.8) is 0 Å². The van der Waals surface area contributed by atoms with Gasteiger partial charge in [0, 0.05) is 13.2 Å². The first kappa shape index (κ1) is 72.2. The second-order valence-electron chi connectivity index (χ2n) is 17.1. The molecule has 0 aromatic rings. The standard InChI is InChI=1S/C54H111NO18/c1-2-3-4-5-6-7-8-9-10-11-12-13-14-15-16-17-19-56-21-23-58-25-27-60-29-31-62-33-35-64-37-39-66-41-43-68-45-47-70-49-51-72-53-54-73-52-50-71-48-46-69-44-42-67-40-38-65-36-34-63-32-30-61-28-26-59-24-22-57-20-18-55/h2-55H2,1H3. The van der Waals surface area contributed by atoms with E-state index in [1.807, 2.05) is 0 Å². The molecule has 19 nitrogen and oxygen atoms in total. The Bertz CT molecular complexity index is 869. The summed E-state index contributed by atoms with van der Waals surface area (Å²) in [6, 6.07) is 0. The number of hydrogen-bond acceptors (Lipinski definition) is 19. The van der Waals surface area contributed by atoms with Crippen LogP contribution in [0.4, 0.5) is 0 Å². The second kappa shape index (κ2) is 71.2. The van der Waals surface area contributed by atoms with Crippen molar-refractivity contribution in [3.8, 4) is 0 Å². The summed E-state index contributed by atoms with van der Waals surface area (Å²) in [4.78, 5) is 0. The molecule has 0 radical (unpaired) electrons. The van der Waals surface area contributed by atoms with Crippen molar-refractivity contribution in [1.82, 2.24) is 0 Å². The van der Waals surface area contributed by atoms with Gasteiger partial charge in [-0.2, -0.15) is 0 Å². The summed E-state index contributed by atoms with van der Waals surface area (Å²) < 4.78 is 99.1. The summed E-state index contributed by atoms with van der Waals surface area (Å²) in [5.74, 6) is 0. The van der Waals surface area contributed by atoms with E-state index in [4.69, 9.17) is 91.0 Å². The third-order valence-electron chi connectivity index (χ3n) is 10.7. The van der Waals surface area contributed by atoms with Crippen LogP contribution in [-0.2, 0) is 85.3 Å². The Kier molecular flexibility index (Phi) is 70.5. The largest absolute Gasteiger partial charge is 0.379 e. The quantitative estimate of drug-likeness (QED) is 0.0648. The number of ether oxygens (including phenoxy) is 18. The molecule has 0 aliphatic rings. The van der Waals surface area contributed by atoms with Crippen LogP contribution in [0.25, 0.3) is 0 Å². The molecule has 0 bridgehead atoms. The van der Waals surface area contributed by atoms with Crippen LogP contribution in [0.1, 0.15) is 110 Å². The summed E-state index contributed by atoms with van der Waals surface area (Å²) in [6.45, 7) is 21.9. The zero-order chi connectivity index (χ0) is 52.2. The SMILES string of the molecule is CCCCCCCCCCCCCCCCCCOCCOCCOCCOCCOCCOCCOCCOCCOCCOCCOCCOCCOCCOCCOCCOCCOCCOCCN. The number of rotatable bonds is 70. The molecule has 73 heavy (non-hydrogen) atoms. The fraction of sp³-hybridized carbons (Fsp3) is 1.00. The molecule has 0 aliphatic heterocycles. The van der Waals surface area contributed by atoms with Gasteiger partial charge in [0.2, 0.25) is 0 Å². The van der Waals surface area contributed by atoms with E-state index >= 15 is 0 Å². The summed E-state index contributed by atoms with van der Waals surface area (Å²) >= 11 is 0. The van der Waals surface area contributed by atoms with E-state index in [1.165, 1.54) is 96.3 Å². The van der Waals surface area contributed by atoms with Gasteiger partial charge in [0.25, 0.3) is 0 Å². The minimum atomic E-state index is 0.498. The van der Waals surface area contributed by atoms with Crippen molar-refractivity contribution in [3.05, 3.63) is 0 Å². The first-order chi connectivity index (χ1) is 36.4. The third-order valence-corrected chi connectivity index (χ3v) is 10.7. The fourth-order valence-electron chi connectivity index (χ4n) is 6.68. The van der Waals surface area contributed by atoms with Crippen molar-refractivity contribution >= 4 is 0 Å². The van der Waals surface area contributed by atoms with Crippen molar-refractivity contribution in [2.75, 3.05) is 244 Å². The maximum atomic E-state index is 5.71. The molecule has 2 N–H and O–H groups in total. The molecule has 0 spiro atoms. The molecule has 0 aromatic carbocycles. The molecule has 0 rings (SSSR count). The zero-order valence-corrected chi connectivity index (χ0v) is 46.4. The smallest absolute Gasteiger partial charge is 0.0701 e. The lowest BCUT2D eigenvalue weighted by Crippen LogP contribution is -2.16. The average Bonchev–Trinajstić information content (AvgIpc) is 3.40. The highest BCUT2D eigenvalue weighted by Gasteiger charge is 2.00. The van der Waals surface area contributed by atoms with Crippen LogP contribution in [-0.4, -0.2) is 244 Å². The average molecular weight is 1060 g/mol. The van der Waals surface area contributed by atoms with E-state index in [0.717, 1.165) is 13.0 Å². The highest BCUT2D eigenvalue weighted by atomic mass is 16.6. The minimum absolute atomic E-state index is 0.498. The maximum Gasteiger partial charge on any atom is 0.0701 e. The van der Waals surface area contributed by atoms with Gasteiger partial charge in [0.1, 0.15) is 0 Å². The Morgan fingerprint density at radius 2 is 0.274 bits per heavy atom. The fourth-order valence-corrected chi connectivity index (χ4v) is 6.68. The van der Waals surface area contributed by atoms with Gasteiger partial charge in [-0.3, -0.25) is 0 Å². The van der Waals surface area contributed by atoms with Gasteiger partial charge in [-0.15, -0.1) is 0 Å². The molecule has 0 atom stereocenters. The molecular weight excluding hydrogens is 951 g/mol. The maximum absolute atomic E-state index is 5.71. The Labute approximate surface area is 443 Å². The van der Waals surface area contributed by atoms with Gasteiger partial charge in [0.15, 0.2) is 0 Å². The molecule has 0 amide bonds. The predicted octanol–water partition coefficient (Wildman–Crippen LogP) is 6.51. The summed E-state index contributed by atoms with van der Waals surface area (Å²) in [5.41, 5.74) is 5.35. The second-order valence-corrected chi connectivity index (χ2v) is 17.1. The lowest BCUT2D eigenvalue weighted by Gasteiger charge is -2.09. The molecule has 0 unspecified atom stereocenters. The van der Waals surface area contributed by atoms with Gasteiger partial charge in [0.05, 0.1) is 231 Å². The van der Waals surface area contributed by atoms with Crippen LogP contribution < -0.4 is 5.73 Å². The summed E-state index contributed by atoms with van der Waals surface area (Å²) in [6.07, 6.45) is 22.1. The Hall–Kier alpha value is -0.760. The monoisotopic (exact) mass is 1060 g/mol. The van der Waals surface area contributed by atoms with Crippen LogP contribution in [0.5, 0.6) is 0 Å². The van der Waals surface area contributed by atoms with E-state index < -0.39 is 0 Å². The topological polar surface area (TPSA) is 192 Å². The molecule has 19 heteroatoms. The Balaban J connectivity index is 3.07. The van der Waals surface area contributed by atoms with Gasteiger partial charge in [-0.1, -0.05) is 103 Å². The van der Waals surface area contributed by atoms with Crippen LogP contribution >= 0.6 is 0 Å². The number of unbranched alkanes of at least 4 members (excludes halogenated alkanes) is 15. The molecule has 440 valence electrons.